The molecule has 250 valence electrons. The third-order valence-electron chi connectivity index (χ3n) is 7.65. The Labute approximate surface area is 279 Å². The molecule has 3 unspecified atom stereocenters. The lowest BCUT2D eigenvalue weighted by molar-refractivity contribution is -0.132. The molecule has 5 atom stereocenters. The first-order valence-electron chi connectivity index (χ1n) is 15.6. The number of ether oxygens (including phenoxy) is 1. The molecule has 0 radical (unpaired) electrons. The third kappa shape index (κ3) is 9.15. The highest BCUT2D eigenvalue weighted by atomic mass is 35.5. The molecule has 0 bridgehead atoms. The van der Waals surface area contributed by atoms with E-state index in [2.05, 4.69) is 25.9 Å². The number of aromatic nitrogens is 2. The van der Waals surface area contributed by atoms with Gasteiger partial charge in [-0.3, -0.25) is 14.5 Å². The molecule has 2 aromatic heterocycles. The van der Waals surface area contributed by atoms with Crippen molar-refractivity contribution in [1.82, 2.24) is 30.8 Å². The number of amides is 3. The zero-order valence-electron chi connectivity index (χ0n) is 27.5. The predicted molar refractivity (Wildman–Crippen MR) is 180 cm³/mol. The Morgan fingerprint density at radius 1 is 1.11 bits per heavy atom. The van der Waals surface area contributed by atoms with E-state index < -0.39 is 53.3 Å². The number of hydrogen-bond acceptors (Lipinski definition) is 9. The van der Waals surface area contributed by atoms with Gasteiger partial charge in [-0.1, -0.05) is 57.8 Å². The second-order valence-corrected chi connectivity index (χ2v) is 15.3. The number of carbonyl (C=O) groups is 3. The van der Waals surface area contributed by atoms with Gasteiger partial charge in [0, 0.05) is 30.8 Å². The number of halogens is 1. The van der Waals surface area contributed by atoms with E-state index in [1.807, 2.05) is 72.7 Å². The number of carbonyl (C=O) groups excluding carboxylic acids is 3. The van der Waals surface area contributed by atoms with Gasteiger partial charge in [0.1, 0.15) is 12.3 Å². The number of aliphatic hydroxyl groups is 1. The Kier molecular flexibility index (Phi) is 11.3. The number of thiazole rings is 1. The number of urea groups is 1. The van der Waals surface area contributed by atoms with Crippen LogP contribution >= 0.6 is 22.9 Å². The smallest absolute Gasteiger partial charge is 0.315 e. The molecule has 1 saturated heterocycles. The Balaban J connectivity index is 1.60. The highest BCUT2D eigenvalue weighted by molar-refractivity contribution is 7.20. The van der Waals surface area contributed by atoms with Gasteiger partial charge in [0.25, 0.3) is 0 Å². The number of aliphatic hydroxyl groups excluding tert-OH is 1. The molecule has 0 saturated carbocycles. The Morgan fingerprint density at radius 3 is 2.43 bits per heavy atom. The molecule has 0 spiro atoms. The lowest BCUT2D eigenvalue weighted by Gasteiger charge is -2.41. The van der Waals surface area contributed by atoms with Crippen molar-refractivity contribution in [3.63, 3.8) is 0 Å². The molecule has 1 aliphatic rings. The maximum Gasteiger partial charge on any atom is 0.315 e. The Bertz CT molecular complexity index is 1490. The normalized spacial score (nSPS) is 19.3. The fraction of sp³-hybridized carbons (Fsp3) is 0.545. The lowest BCUT2D eigenvalue weighted by Crippen LogP contribution is -2.63. The average Bonchev–Trinajstić information content (AvgIpc) is 3.59. The number of para-hydroxylation sites is 1. The van der Waals surface area contributed by atoms with Gasteiger partial charge in [0.2, 0.25) is 17.6 Å². The molecule has 46 heavy (non-hydrogen) atoms. The number of rotatable bonds is 11. The summed E-state index contributed by atoms with van der Waals surface area (Å²) in [5.74, 6) is -0.350. The van der Waals surface area contributed by atoms with Crippen molar-refractivity contribution in [2.75, 3.05) is 6.54 Å². The zero-order valence-corrected chi connectivity index (χ0v) is 29.0. The Morgan fingerprint density at radius 2 is 1.83 bits per heavy atom. The molecule has 4 N–H and O–H groups in total. The molecular formula is C33H45ClN6O5S. The molecule has 3 heterocycles. The fourth-order valence-electron chi connectivity index (χ4n) is 5.46. The minimum Gasteiger partial charge on any atom is -0.473 e. The SMILES string of the molecule is CCCC(NC(=O)C1C[C@@H](Oc2ccc(Cl)cn2)CN1C(O)[C@H](NC(=O)NC(C)(C)C)C(C)(C)C)C(=O)c1nc2ccccc2s1. The van der Waals surface area contributed by atoms with E-state index in [9.17, 15) is 19.5 Å². The van der Waals surface area contributed by atoms with E-state index >= 15 is 0 Å². The van der Waals surface area contributed by atoms with Crippen LogP contribution in [0.3, 0.4) is 0 Å². The molecule has 3 aromatic rings. The van der Waals surface area contributed by atoms with E-state index in [-0.39, 0.29) is 18.7 Å². The predicted octanol–water partition coefficient (Wildman–Crippen LogP) is 5.17. The molecular weight excluding hydrogens is 628 g/mol. The van der Waals surface area contributed by atoms with Crippen LogP contribution < -0.4 is 20.7 Å². The van der Waals surface area contributed by atoms with Crippen LogP contribution in [-0.2, 0) is 4.79 Å². The summed E-state index contributed by atoms with van der Waals surface area (Å²) in [4.78, 5) is 51.0. The molecule has 4 rings (SSSR count). The number of likely N-dealkylation sites (tertiary alicyclic amines) is 1. The minimum atomic E-state index is -1.27. The summed E-state index contributed by atoms with van der Waals surface area (Å²) >= 11 is 7.30. The van der Waals surface area contributed by atoms with Crippen LogP contribution in [0.15, 0.2) is 42.6 Å². The number of fused-ring (bicyclic) bond motifs is 1. The van der Waals surface area contributed by atoms with Crippen molar-refractivity contribution in [3.8, 4) is 5.88 Å². The maximum absolute atomic E-state index is 14.1. The molecule has 1 fully saturated rings. The molecule has 1 aliphatic heterocycles. The van der Waals surface area contributed by atoms with E-state index in [4.69, 9.17) is 16.3 Å². The van der Waals surface area contributed by atoms with E-state index in [0.717, 1.165) is 10.2 Å². The van der Waals surface area contributed by atoms with Gasteiger partial charge < -0.3 is 25.8 Å². The number of nitrogens with one attached hydrogen (secondary N) is 3. The van der Waals surface area contributed by atoms with Crippen LogP contribution in [0.4, 0.5) is 4.79 Å². The van der Waals surface area contributed by atoms with Crippen LogP contribution in [-0.4, -0.2) is 80.2 Å². The van der Waals surface area contributed by atoms with Crippen LogP contribution in [0, 0.1) is 5.41 Å². The van der Waals surface area contributed by atoms with Gasteiger partial charge >= 0.3 is 6.03 Å². The van der Waals surface area contributed by atoms with Crippen LogP contribution in [0.5, 0.6) is 5.88 Å². The van der Waals surface area contributed by atoms with Gasteiger partial charge in [0.05, 0.1) is 33.4 Å². The molecule has 0 aliphatic carbocycles. The van der Waals surface area contributed by atoms with Gasteiger partial charge in [0.15, 0.2) is 5.01 Å². The number of ketones is 1. The third-order valence-corrected chi connectivity index (χ3v) is 8.93. The second-order valence-electron chi connectivity index (χ2n) is 13.8. The van der Waals surface area contributed by atoms with Crippen molar-refractivity contribution >= 4 is 50.9 Å². The average molecular weight is 673 g/mol. The number of Topliss-reactive ketones (excluding diaryl/α,β-unsaturated/α-hetero) is 1. The van der Waals surface area contributed by atoms with Gasteiger partial charge in [-0.15, -0.1) is 11.3 Å². The standard InChI is InChI=1S/C33H45ClN6O5S/c1-8-11-22(26(41)29-37-21-12-9-10-13-24(21)46-29)36-28(42)23-16-20(45-25-15-14-19(34)17-35-25)18-40(23)30(43)27(32(2,3)4)38-31(44)39-33(5,6)7/h9-10,12-15,17,20,22-23,27,30,43H,8,11,16,18H2,1-7H3,(H,36,42)(H2,38,39,44)/t20-,22?,23?,27+,30?/m1/s1. The topological polar surface area (TPSA) is 146 Å². The number of hydrogen-bond donors (Lipinski definition) is 4. The largest absolute Gasteiger partial charge is 0.473 e. The highest BCUT2D eigenvalue weighted by Gasteiger charge is 2.47. The van der Waals surface area contributed by atoms with Crippen molar-refractivity contribution < 1.29 is 24.2 Å². The summed E-state index contributed by atoms with van der Waals surface area (Å²) in [6, 6.07) is 7.94. The first-order valence-corrected chi connectivity index (χ1v) is 16.8. The van der Waals surface area contributed by atoms with Crippen molar-refractivity contribution in [2.45, 2.75) is 104 Å². The monoisotopic (exact) mass is 672 g/mol. The fourth-order valence-corrected chi connectivity index (χ4v) is 6.53. The molecule has 1 aromatic carbocycles. The summed E-state index contributed by atoms with van der Waals surface area (Å²) in [6.07, 6.45) is 0.978. The summed E-state index contributed by atoms with van der Waals surface area (Å²) in [5, 5.41) is 21.4. The van der Waals surface area contributed by atoms with Crippen LogP contribution in [0.25, 0.3) is 10.2 Å². The number of benzene rings is 1. The quantitative estimate of drug-likeness (QED) is 0.204. The van der Waals surface area contributed by atoms with Crippen LogP contribution in [0.1, 0.15) is 77.5 Å². The van der Waals surface area contributed by atoms with Crippen LogP contribution in [0.2, 0.25) is 5.02 Å². The zero-order chi connectivity index (χ0) is 33.8. The van der Waals surface area contributed by atoms with E-state index in [1.54, 1.807) is 17.0 Å². The molecule has 3 amide bonds. The van der Waals surface area contributed by atoms with Crippen molar-refractivity contribution in [1.29, 1.82) is 0 Å². The van der Waals surface area contributed by atoms with Gasteiger partial charge in [-0.05, 0) is 50.8 Å². The van der Waals surface area contributed by atoms with E-state index in [0.29, 0.717) is 28.8 Å². The summed E-state index contributed by atoms with van der Waals surface area (Å²) in [7, 11) is 0. The van der Waals surface area contributed by atoms with Crippen molar-refractivity contribution in [3.05, 3.63) is 52.6 Å². The highest BCUT2D eigenvalue weighted by Crippen LogP contribution is 2.31. The van der Waals surface area contributed by atoms with Gasteiger partial charge in [-0.2, -0.15) is 0 Å². The first-order chi connectivity index (χ1) is 21.6. The number of pyridine rings is 1. The molecule has 11 nitrogen and oxygen atoms in total. The summed E-state index contributed by atoms with van der Waals surface area (Å²) < 4.78 is 7.02. The minimum absolute atomic E-state index is 0.170. The first kappa shape index (κ1) is 35.5. The van der Waals surface area contributed by atoms with Crippen molar-refractivity contribution in [2.24, 2.45) is 5.41 Å². The number of nitrogens with zero attached hydrogens (tertiary/aromatic N) is 3. The summed E-state index contributed by atoms with van der Waals surface area (Å²) in [5.41, 5.74) is -0.364. The van der Waals surface area contributed by atoms with E-state index in [1.165, 1.54) is 17.5 Å². The lowest BCUT2D eigenvalue weighted by atomic mass is 9.85. The van der Waals surface area contributed by atoms with Gasteiger partial charge in [-0.25, -0.2) is 14.8 Å². The Hall–Kier alpha value is -3.32. The second kappa shape index (κ2) is 14.6. The molecule has 13 heteroatoms. The summed E-state index contributed by atoms with van der Waals surface area (Å²) in [6.45, 7) is 13.4. The maximum atomic E-state index is 14.1.